The normalized spacial score (nSPS) is 11.1. The van der Waals surface area contributed by atoms with Crippen molar-refractivity contribution < 1.29 is 9.15 Å². The van der Waals surface area contributed by atoms with Crippen molar-refractivity contribution in [1.82, 2.24) is 15.5 Å². The molecule has 1 N–H and O–H groups in total. The van der Waals surface area contributed by atoms with Crippen LogP contribution in [0.4, 0.5) is 0 Å². The highest BCUT2D eigenvalue weighted by Crippen LogP contribution is 2.11. The van der Waals surface area contributed by atoms with Gasteiger partial charge in [-0.1, -0.05) is 13.8 Å². The van der Waals surface area contributed by atoms with Gasteiger partial charge in [0.05, 0.1) is 13.2 Å². The van der Waals surface area contributed by atoms with Gasteiger partial charge in [-0.25, -0.2) is 0 Å². The van der Waals surface area contributed by atoms with E-state index in [0.29, 0.717) is 24.9 Å². The minimum absolute atomic E-state index is 0.287. The third-order valence-electron chi connectivity index (χ3n) is 1.74. The van der Waals surface area contributed by atoms with Crippen LogP contribution in [0, 0.1) is 0 Å². The van der Waals surface area contributed by atoms with Gasteiger partial charge in [0.25, 0.3) is 0 Å². The second-order valence-electron chi connectivity index (χ2n) is 3.36. The van der Waals surface area contributed by atoms with Crippen molar-refractivity contribution in [1.29, 1.82) is 0 Å². The monoisotopic (exact) mass is 199 g/mol. The second kappa shape index (κ2) is 5.72. The van der Waals surface area contributed by atoms with Crippen LogP contribution in [0.3, 0.4) is 0 Å². The zero-order valence-electron chi connectivity index (χ0n) is 8.91. The van der Waals surface area contributed by atoms with Gasteiger partial charge < -0.3 is 14.5 Å². The number of ether oxygens (including phenoxy) is 1. The van der Waals surface area contributed by atoms with Crippen molar-refractivity contribution in [3.63, 3.8) is 0 Å². The molecule has 1 aromatic heterocycles. The zero-order valence-corrected chi connectivity index (χ0v) is 8.91. The molecule has 0 aliphatic carbocycles. The standard InChI is InChI=1S/C9H17N3O2/c1-7(2)9-12-11-8(14-9)6-10-4-5-13-3/h7,10H,4-6H2,1-3H3. The Labute approximate surface area is 83.9 Å². The molecule has 0 spiro atoms. The Morgan fingerprint density at radius 2 is 2.21 bits per heavy atom. The summed E-state index contributed by atoms with van der Waals surface area (Å²) in [7, 11) is 1.67. The maximum absolute atomic E-state index is 5.40. The third kappa shape index (κ3) is 3.43. The molecule has 0 aromatic carbocycles. The number of aromatic nitrogens is 2. The lowest BCUT2D eigenvalue weighted by molar-refractivity contribution is 0.198. The fourth-order valence-electron chi connectivity index (χ4n) is 0.941. The van der Waals surface area contributed by atoms with Crippen molar-refractivity contribution in [3.05, 3.63) is 11.8 Å². The minimum Gasteiger partial charge on any atom is -0.424 e. The summed E-state index contributed by atoms with van der Waals surface area (Å²) in [6.45, 7) is 6.12. The Morgan fingerprint density at radius 1 is 1.43 bits per heavy atom. The van der Waals surface area contributed by atoms with Gasteiger partial charge in [0.15, 0.2) is 0 Å². The fourth-order valence-corrected chi connectivity index (χ4v) is 0.941. The summed E-state index contributed by atoms with van der Waals surface area (Å²) in [5.74, 6) is 1.61. The van der Waals surface area contributed by atoms with E-state index in [0.717, 1.165) is 6.54 Å². The van der Waals surface area contributed by atoms with Gasteiger partial charge in [-0.3, -0.25) is 0 Å². The summed E-state index contributed by atoms with van der Waals surface area (Å²) in [5, 5.41) is 11.0. The predicted octanol–water partition coefficient (Wildman–Crippen LogP) is 0.929. The van der Waals surface area contributed by atoms with Gasteiger partial charge >= 0.3 is 0 Å². The van der Waals surface area contributed by atoms with Crippen molar-refractivity contribution in [3.8, 4) is 0 Å². The first-order valence-electron chi connectivity index (χ1n) is 4.76. The van der Waals surface area contributed by atoms with Gasteiger partial charge in [0.1, 0.15) is 0 Å². The second-order valence-corrected chi connectivity index (χ2v) is 3.36. The molecule has 0 radical (unpaired) electrons. The summed E-state index contributed by atoms with van der Waals surface area (Å²) in [4.78, 5) is 0. The first kappa shape index (κ1) is 11.1. The first-order chi connectivity index (χ1) is 6.74. The maximum atomic E-state index is 5.40. The summed E-state index contributed by atoms with van der Waals surface area (Å²) in [6.07, 6.45) is 0. The molecule has 0 bridgehead atoms. The van der Waals surface area contributed by atoms with Crippen LogP contribution in [0.5, 0.6) is 0 Å². The first-order valence-corrected chi connectivity index (χ1v) is 4.76. The molecule has 0 saturated heterocycles. The molecule has 0 saturated carbocycles. The van der Waals surface area contributed by atoms with Crippen LogP contribution in [0.2, 0.25) is 0 Å². The molecule has 1 heterocycles. The lowest BCUT2D eigenvalue weighted by Crippen LogP contribution is -2.18. The Balaban J connectivity index is 2.29. The molecule has 80 valence electrons. The van der Waals surface area contributed by atoms with E-state index in [9.17, 15) is 0 Å². The lowest BCUT2D eigenvalue weighted by Gasteiger charge is -1.99. The number of hydrogen-bond acceptors (Lipinski definition) is 5. The molecular formula is C9H17N3O2. The highest BCUT2D eigenvalue weighted by molar-refractivity contribution is 4.86. The van der Waals surface area contributed by atoms with Crippen molar-refractivity contribution in [2.45, 2.75) is 26.3 Å². The van der Waals surface area contributed by atoms with Crippen molar-refractivity contribution >= 4 is 0 Å². The predicted molar refractivity (Wildman–Crippen MR) is 52.0 cm³/mol. The Hall–Kier alpha value is -0.940. The fraction of sp³-hybridized carbons (Fsp3) is 0.778. The van der Waals surface area contributed by atoms with Crippen LogP contribution in [0.1, 0.15) is 31.5 Å². The maximum Gasteiger partial charge on any atom is 0.230 e. The average molecular weight is 199 g/mol. The molecule has 5 heteroatoms. The molecular weight excluding hydrogens is 182 g/mol. The van der Waals surface area contributed by atoms with Crippen LogP contribution in [-0.4, -0.2) is 30.5 Å². The number of nitrogens with zero attached hydrogens (tertiary/aromatic N) is 2. The molecule has 0 atom stereocenters. The van der Waals surface area contributed by atoms with Crippen molar-refractivity contribution in [2.24, 2.45) is 0 Å². The van der Waals surface area contributed by atoms with E-state index >= 15 is 0 Å². The van der Waals surface area contributed by atoms with Gasteiger partial charge in [0.2, 0.25) is 11.8 Å². The van der Waals surface area contributed by atoms with Gasteiger partial charge in [-0.05, 0) is 0 Å². The van der Waals surface area contributed by atoms with Crippen LogP contribution in [0.25, 0.3) is 0 Å². The SMILES string of the molecule is COCCNCc1nnc(C(C)C)o1. The van der Waals surface area contributed by atoms with Gasteiger partial charge in [-0.2, -0.15) is 0 Å². The minimum atomic E-state index is 0.287. The van der Waals surface area contributed by atoms with E-state index in [1.165, 1.54) is 0 Å². The molecule has 0 aliphatic heterocycles. The zero-order chi connectivity index (χ0) is 10.4. The van der Waals surface area contributed by atoms with Crippen LogP contribution in [0.15, 0.2) is 4.42 Å². The number of methoxy groups -OCH3 is 1. The highest BCUT2D eigenvalue weighted by Gasteiger charge is 2.08. The molecule has 0 unspecified atom stereocenters. The topological polar surface area (TPSA) is 60.2 Å². The quantitative estimate of drug-likeness (QED) is 0.690. The van der Waals surface area contributed by atoms with E-state index in [1.807, 2.05) is 13.8 Å². The Bertz CT molecular complexity index is 260. The summed E-state index contributed by atoms with van der Waals surface area (Å²) < 4.78 is 10.3. The molecule has 1 rings (SSSR count). The van der Waals surface area contributed by atoms with E-state index < -0.39 is 0 Å². The largest absolute Gasteiger partial charge is 0.424 e. The molecule has 0 aliphatic rings. The van der Waals surface area contributed by atoms with E-state index in [-0.39, 0.29) is 5.92 Å². The summed E-state index contributed by atoms with van der Waals surface area (Å²) in [6, 6.07) is 0. The molecule has 0 amide bonds. The summed E-state index contributed by atoms with van der Waals surface area (Å²) in [5.41, 5.74) is 0. The van der Waals surface area contributed by atoms with Gasteiger partial charge in [0, 0.05) is 19.6 Å². The molecule has 14 heavy (non-hydrogen) atoms. The number of hydrogen-bond donors (Lipinski definition) is 1. The smallest absolute Gasteiger partial charge is 0.230 e. The summed E-state index contributed by atoms with van der Waals surface area (Å²) >= 11 is 0. The number of rotatable bonds is 6. The molecule has 5 nitrogen and oxygen atoms in total. The average Bonchev–Trinajstić information content (AvgIpc) is 2.61. The van der Waals surface area contributed by atoms with Gasteiger partial charge in [-0.15, -0.1) is 10.2 Å². The van der Waals surface area contributed by atoms with Crippen LogP contribution < -0.4 is 5.32 Å². The Kier molecular flexibility index (Phi) is 4.55. The molecule has 1 aromatic rings. The third-order valence-corrected chi connectivity index (χ3v) is 1.74. The molecule has 0 fully saturated rings. The van der Waals surface area contributed by atoms with E-state index in [1.54, 1.807) is 7.11 Å². The highest BCUT2D eigenvalue weighted by atomic mass is 16.5. The van der Waals surface area contributed by atoms with Crippen molar-refractivity contribution in [2.75, 3.05) is 20.3 Å². The van der Waals surface area contributed by atoms with Crippen LogP contribution in [-0.2, 0) is 11.3 Å². The van der Waals surface area contributed by atoms with E-state index in [4.69, 9.17) is 9.15 Å². The van der Waals surface area contributed by atoms with Crippen LogP contribution >= 0.6 is 0 Å². The lowest BCUT2D eigenvalue weighted by atomic mass is 10.2. The number of nitrogens with one attached hydrogen (secondary N) is 1. The Morgan fingerprint density at radius 3 is 2.79 bits per heavy atom. The van der Waals surface area contributed by atoms with E-state index in [2.05, 4.69) is 15.5 Å².